The van der Waals surface area contributed by atoms with E-state index in [1.54, 1.807) is 38.1 Å². The summed E-state index contributed by atoms with van der Waals surface area (Å²) in [5.74, 6) is -2.39. The number of rotatable bonds is 7. The van der Waals surface area contributed by atoms with E-state index in [1.807, 2.05) is 19.0 Å². The molecular formula is C24H28ClN3O5. The summed E-state index contributed by atoms with van der Waals surface area (Å²) < 4.78 is 4.80. The molecule has 1 saturated heterocycles. The first-order valence-corrected chi connectivity index (χ1v) is 10.9. The van der Waals surface area contributed by atoms with Gasteiger partial charge in [0.05, 0.1) is 18.7 Å². The maximum absolute atomic E-state index is 13.2. The van der Waals surface area contributed by atoms with E-state index < -0.39 is 23.7 Å². The van der Waals surface area contributed by atoms with Crippen LogP contribution in [-0.2, 0) is 14.3 Å². The third-order valence-corrected chi connectivity index (χ3v) is 6.01. The van der Waals surface area contributed by atoms with Crippen molar-refractivity contribution in [2.24, 2.45) is 0 Å². The van der Waals surface area contributed by atoms with Crippen LogP contribution in [0.3, 0.4) is 0 Å². The number of Topliss-reactive ketones (excluding diaryl/α,β-unsaturated/α-hetero) is 1. The number of nitrogens with one attached hydrogen (secondary N) is 1. The Morgan fingerprint density at radius 2 is 1.97 bits per heavy atom. The Kier molecular flexibility index (Phi) is 7.29. The lowest BCUT2D eigenvalue weighted by Crippen LogP contribution is -2.32. The number of nitrogens with zero attached hydrogens (tertiary/aromatic N) is 2. The molecule has 1 atom stereocenters. The van der Waals surface area contributed by atoms with Crippen molar-refractivity contribution in [2.45, 2.75) is 26.3 Å². The van der Waals surface area contributed by atoms with Crippen molar-refractivity contribution in [1.29, 1.82) is 0 Å². The van der Waals surface area contributed by atoms with E-state index in [1.165, 1.54) is 12.0 Å². The summed E-state index contributed by atoms with van der Waals surface area (Å²) in [6.45, 7) is 4.38. The van der Waals surface area contributed by atoms with Crippen LogP contribution in [-0.4, -0.2) is 71.8 Å². The number of aromatic nitrogens is 1. The minimum absolute atomic E-state index is 0.0336. The zero-order chi connectivity index (χ0) is 24.4. The van der Waals surface area contributed by atoms with Crippen LogP contribution in [0.4, 0.5) is 0 Å². The molecule has 1 aromatic heterocycles. The molecule has 0 aliphatic carbocycles. The van der Waals surface area contributed by atoms with Crippen molar-refractivity contribution >= 4 is 35.0 Å². The summed E-state index contributed by atoms with van der Waals surface area (Å²) in [6.07, 6.45) is 0.645. The third kappa shape index (κ3) is 4.67. The van der Waals surface area contributed by atoms with Gasteiger partial charge in [-0.15, -0.1) is 0 Å². The number of aryl methyl sites for hydroxylation is 1. The lowest BCUT2D eigenvalue weighted by Gasteiger charge is -2.26. The molecule has 0 spiro atoms. The van der Waals surface area contributed by atoms with Crippen molar-refractivity contribution < 1.29 is 24.2 Å². The monoisotopic (exact) mass is 473 g/mol. The third-order valence-electron chi connectivity index (χ3n) is 5.77. The number of methoxy groups -OCH3 is 1. The summed E-state index contributed by atoms with van der Waals surface area (Å²) in [5, 5.41) is 11.8. The van der Waals surface area contributed by atoms with Crippen molar-refractivity contribution in [3.05, 3.63) is 62.9 Å². The molecule has 2 heterocycles. The number of likely N-dealkylation sites (tertiary alicyclic amines) is 1. The molecule has 176 valence electrons. The van der Waals surface area contributed by atoms with Crippen LogP contribution in [0.1, 0.15) is 45.3 Å². The number of H-pyrrole nitrogens is 1. The predicted molar refractivity (Wildman–Crippen MR) is 125 cm³/mol. The molecule has 1 aliphatic rings. The fourth-order valence-electron chi connectivity index (χ4n) is 4.24. The van der Waals surface area contributed by atoms with E-state index in [9.17, 15) is 19.5 Å². The number of hydrogen-bond acceptors (Lipinski definition) is 6. The Balaban J connectivity index is 2.18. The Hall–Kier alpha value is -3.10. The van der Waals surface area contributed by atoms with Crippen LogP contribution in [0.25, 0.3) is 5.76 Å². The number of ether oxygens (including phenoxy) is 1. The summed E-state index contributed by atoms with van der Waals surface area (Å²) in [7, 11) is 5.12. The number of amides is 1. The molecule has 0 bridgehead atoms. The van der Waals surface area contributed by atoms with E-state index in [4.69, 9.17) is 16.3 Å². The number of esters is 1. The van der Waals surface area contributed by atoms with Crippen LogP contribution < -0.4 is 0 Å². The van der Waals surface area contributed by atoms with Crippen LogP contribution >= 0.6 is 11.6 Å². The van der Waals surface area contributed by atoms with Gasteiger partial charge < -0.3 is 24.6 Å². The van der Waals surface area contributed by atoms with Gasteiger partial charge >= 0.3 is 5.97 Å². The van der Waals surface area contributed by atoms with Crippen LogP contribution in [0.15, 0.2) is 29.8 Å². The zero-order valence-electron chi connectivity index (χ0n) is 19.4. The van der Waals surface area contributed by atoms with Crippen molar-refractivity contribution in [3.8, 4) is 0 Å². The highest BCUT2D eigenvalue weighted by Gasteiger charge is 2.46. The lowest BCUT2D eigenvalue weighted by molar-refractivity contribution is -0.139. The first-order chi connectivity index (χ1) is 15.6. The molecule has 1 aliphatic heterocycles. The molecular weight excluding hydrogens is 446 g/mol. The fourth-order valence-corrected chi connectivity index (χ4v) is 4.44. The van der Waals surface area contributed by atoms with E-state index in [-0.39, 0.29) is 17.0 Å². The second kappa shape index (κ2) is 9.80. The largest absolute Gasteiger partial charge is 0.507 e. The number of aromatic amines is 1. The van der Waals surface area contributed by atoms with Gasteiger partial charge in [-0.3, -0.25) is 9.59 Å². The quantitative estimate of drug-likeness (QED) is 0.276. The van der Waals surface area contributed by atoms with Gasteiger partial charge in [-0.1, -0.05) is 23.7 Å². The van der Waals surface area contributed by atoms with Gasteiger partial charge in [-0.25, -0.2) is 4.79 Å². The molecule has 8 nitrogen and oxygen atoms in total. The minimum Gasteiger partial charge on any atom is -0.507 e. The second-order valence-corrected chi connectivity index (χ2v) is 8.76. The molecule has 0 saturated carbocycles. The predicted octanol–water partition coefficient (Wildman–Crippen LogP) is 3.44. The molecule has 1 fully saturated rings. The van der Waals surface area contributed by atoms with Gasteiger partial charge in [0, 0.05) is 22.8 Å². The second-order valence-electron chi connectivity index (χ2n) is 8.32. The summed E-state index contributed by atoms with van der Waals surface area (Å²) in [6, 6.07) is 6.08. The van der Waals surface area contributed by atoms with E-state index in [0.29, 0.717) is 40.4 Å². The zero-order valence-corrected chi connectivity index (χ0v) is 20.1. The van der Waals surface area contributed by atoms with Gasteiger partial charge in [0.1, 0.15) is 11.5 Å². The number of carbonyl (C=O) groups excluding carboxylic acids is 3. The van der Waals surface area contributed by atoms with Gasteiger partial charge in [0.25, 0.3) is 11.7 Å². The first kappa shape index (κ1) is 24.5. The van der Waals surface area contributed by atoms with Crippen molar-refractivity contribution in [1.82, 2.24) is 14.8 Å². The highest BCUT2D eigenvalue weighted by Crippen LogP contribution is 2.41. The van der Waals surface area contributed by atoms with E-state index in [2.05, 4.69) is 4.98 Å². The average molecular weight is 474 g/mol. The number of halogens is 1. The normalized spacial score (nSPS) is 17.8. The van der Waals surface area contributed by atoms with Gasteiger partial charge in [0.15, 0.2) is 0 Å². The summed E-state index contributed by atoms with van der Waals surface area (Å²) in [4.78, 5) is 44.7. The smallest absolute Gasteiger partial charge is 0.354 e. The van der Waals surface area contributed by atoms with Gasteiger partial charge in [-0.05, 0) is 64.2 Å². The molecule has 1 unspecified atom stereocenters. The van der Waals surface area contributed by atoms with Crippen LogP contribution in [0.2, 0.25) is 5.02 Å². The van der Waals surface area contributed by atoms with E-state index >= 15 is 0 Å². The Bertz CT molecular complexity index is 1140. The van der Waals surface area contributed by atoms with Crippen LogP contribution in [0, 0.1) is 13.8 Å². The topological polar surface area (TPSA) is 103 Å². The number of aliphatic hydroxyl groups excluding tert-OH is 1. The lowest BCUT2D eigenvalue weighted by atomic mass is 9.94. The Labute approximate surface area is 197 Å². The van der Waals surface area contributed by atoms with Gasteiger partial charge in [-0.2, -0.15) is 0 Å². The van der Waals surface area contributed by atoms with Crippen molar-refractivity contribution in [2.75, 3.05) is 34.3 Å². The number of ketones is 1. The van der Waals surface area contributed by atoms with E-state index in [0.717, 1.165) is 6.54 Å². The maximum Gasteiger partial charge on any atom is 0.354 e. The number of carbonyl (C=O) groups is 3. The van der Waals surface area contributed by atoms with Crippen molar-refractivity contribution in [3.63, 3.8) is 0 Å². The molecule has 2 aromatic rings. The molecule has 9 heteroatoms. The molecule has 1 amide bonds. The maximum atomic E-state index is 13.2. The highest BCUT2D eigenvalue weighted by molar-refractivity contribution is 6.46. The highest BCUT2D eigenvalue weighted by atomic mass is 35.5. The molecule has 33 heavy (non-hydrogen) atoms. The summed E-state index contributed by atoms with van der Waals surface area (Å²) in [5.41, 5.74) is 1.97. The number of aliphatic hydroxyl groups is 1. The number of hydrogen-bond donors (Lipinski definition) is 2. The fraction of sp³-hybridized carbons (Fsp3) is 0.375. The van der Waals surface area contributed by atoms with Crippen LogP contribution in [0.5, 0.6) is 0 Å². The molecule has 0 radical (unpaired) electrons. The summed E-state index contributed by atoms with van der Waals surface area (Å²) >= 11 is 6.21. The molecule has 3 rings (SSSR count). The number of benzene rings is 1. The molecule has 1 aromatic carbocycles. The SMILES string of the molecule is COC(=O)c1[nH]c(C)c(/C(O)=C2\C(=O)C(=O)N(CCCN(C)C)C2c2cccc(Cl)c2)c1C. The standard InChI is InChI=1S/C24H28ClN3O5/c1-13-17(14(2)26-19(13)24(32)33-5)21(29)18-20(15-8-6-9-16(25)12-15)28(23(31)22(18)30)11-7-10-27(3)4/h6,8-9,12,20,26,29H,7,10-11H2,1-5H3/b21-18+. The molecule has 2 N–H and O–H groups in total. The first-order valence-electron chi connectivity index (χ1n) is 10.5. The van der Waals surface area contributed by atoms with Gasteiger partial charge in [0.2, 0.25) is 0 Å². The average Bonchev–Trinajstić information content (AvgIpc) is 3.20. The Morgan fingerprint density at radius 1 is 1.27 bits per heavy atom. The minimum atomic E-state index is -0.805. The Morgan fingerprint density at radius 3 is 2.58 bits per heavy atom.